The lowest BCUT2D eigenvalue weighted by Crippen LogP contribution is -2.09. The molecule has 1 amide bonds. The van der Waals surface area contributed by atoms with Gasteiger partial charge in [-0.15, -0.1) is 0 Å². The molecular weight excluding hydrogens is 348 g/mol. The summed E-state index contributed by atoms with van der Waals surface area (Å²) in [4.78, 5) is 27.3. The summed E-state index contributed by atoms with van der Waals surface area (Å²) in [6.45, 7) is -0.250. The average Bonchev–Trinajstić information content (AvgIpc) is 3.18. The predicted molar refractivity (Wildman–Crippen MR) is 101 cm³/mol. The van der Waals surface area contributed by atoms with Gasteiger partial charge >= 0.3 is 0 Å². The molecule has 0 fully saturated rings. The molecule has 0 saturated heterocycles. The Labute approximate surface area is 153 Å². The lowest BCUT2D eigenvalue weighted by Gasteiger charge is -1.97. The summed E-state index contributed by atoms with van der Waals surface area (Å²) in [6, 6.07) is 7.60. The molecule has 0 unspecified atom stereocenters. The number of anilines is 1. The summed E-state index contributed by atoms with van der Waals surface area (Å²) in [5.41, 5.74) is 5.58. The van der Waals surface area contributed by atoms with Gasteiger partial charge in [-0.3, -0.25) is 9.59 Å². The van der Waals surface area contributed by atoms with Crippen LogP contribution in [0.1, 0.15) is 25.7 Å². The van der Waals surface area contributed by atoms with Crippen molar-refractivity contribution in [3.05, 3.63) is 41.4 Å². The van der Waals surface area contributed by atoms with Gasteiger partial charge in [0.05, 0.1) is 6.42 Å². The second-order valence-electron chi connectivity index (χ2n) is 4.11. The van der Waals surface area contributed by atoms with Gasteiger partial charge in [0.25, 0.3) is 6.47 Å². The molecule has 0 radical (unpaired) electrons. The largest absolute Gasteiger partial charge is 0.483 e. The van der Waals surface area contributed by atoms with Crippen LogP contribution in [0.15, 0.2) is 36.4 Å². The molecule has 1 aromatic rings. The quantitative estimate of drug-likeness (QED) is 0.365. The highest BCUT2D eigenvalue weighted by Crippen LogP contribution is 2.13. The molecule has 0 aliphatic heterocycles. The van der Waals surface area contributed by atoms with E-state index in [0.717, 1.165) is 17.8 Å². The van der Waals surface area contributed by atoms with Gasteiger partial charge in [-0.05, 0) is 37.5 Å². The van der Waals surface area contributed by atoms with Crippen LogP contribution in [0, 0.1) is 0 Å². The number of hydrogen-bond acceptors (Lipinski definition) is 5. The van der Waals surface area contributed by atoms with Gasteiger partial charge in [-0.1, -0.05) is 29.8 Å². The van der Waals surface area contributed by atoms with Crippen LogP contribution in [-0.2, 0) is 14.4 Å². The first-order valence-electron chi connectivity index (χ1n) is 7.34. The molecule has 25 heavy (non-hydrogen) atoms. The lowest BCUT2D eigenvalue weighted by atomic mass is 10.3. The van der Waals surface area contributed by atoms with Crippen LogP contribution in [0.3, 0.4) is 0 Å². The maximum atomic E-state index is 9.59. The molecule has 8 heteroatoms. The van der Waals surface area contributed by atoms with Crippen molar-refractivity contribution < 1.29 is 24.6 Å². The number of hydrogen-bond donors (Lipinski definition) is 4. The van der Waals surface area contributed by atoms with E-state index in [4.69, 9.17) is 26.6 Å². The number of nitrogens with two attached hydrogens (primary N) is 1. The Morgan fingerprint density at radius 1 is 1.28 bits per heavy atom. The van der Waals surface area contributed by atoms with E-state index < -0.39 is 5.91 Å². The van der Waals surface area contributed by atoms with E-state index in [2.05, 4.69) is 23.2 Å². The van der Waals surface area contributed by atoms with Crippen LogP contribution in [0.5, 0.6) is 0 Å². The summed E-state index contributed by atoms with van der Waals surface area (Å²) >= 11 is 5.68. The number of rotatable bonds is 3. The number of carboxylic acid groups (broad SMARTS) is 1. The zero-order chi connectivity index (χ0) is 19.9. The van der Waals surface area contributed by atoms with Gasteiger partial charge < -0.3 is 26.1 Å². The van der Waals surface area contributed by atoms with E-state index >= 15 is 0 Å². The summed E-state index contributed by atoms with van der Waals surface area (Å²) in [7, 11) is 2.87. The molecule has 7 nitrogen and oxygen atoms in total. The number of nitrogens with one attached hydrogen (secondary N) is 1. The van der Waals surface area contributed by atoms with Gasteiger partial charge in [0, 0.05) is 24.9 Å². The highest BCUT2D eigenvalue weighted by atomic mass is 35.5. The average molecular weight is 375 g/mol. The van der Waals surface area contributed by atoms with Crippen LogP contribution in [-0.4, -0.2) is 43.0 Å². The fourth-order valence-electron chi connectivity index (χ4n) is 1.32. The third-order valence-corrected chi connectivity index (χ3v) is 2.54. The summed E-state index contributed by atoms with van der Waals surface area (Å²) in [5, 5.41) is 17.6. The van der Waals surface area contributed by atoms with Crippen molar-refractivity contribution in [2.75, 3.05) is 19.5 Å². The van der Waals surface area contributed by atoms with Crippen molar-refractivity contribution in [1.29, 1.82) is 0 Å². The number of allylic oxidation sites excluding steroid dienone is 2. The molecule has 0 aromatic heterocycles. The molecule has 2 rings (SSSR count). The fourth-order valence-corrected chi connectivity index (χ4v) is 1.51. The third-order valence-electron chi connectivity index (χ3n) is 2.31. The summed E-state index contributed by atoms with van der Waals surface area (Å²) in [5.74, 6) is -0.579. The van der Waals surface area contributed by atoms with Crippen molar-refractivity contribution in [3.8, 4) is 0 Å². The number of carbonyl (C=O) groups is 3. The smallest absolute Gasteiger partial charge is 0.290 e. The molecule has 0 saturated carbocycles. The van der Waals surface area contributed by atoms with Gasteiger partial charge in [0.1, 0.15) is 6.29 Å². The van der Waals surface area contributed by atoms with Crippen LogP contribution in [0.25, 0.3) is 0 Å². The lowest BCUT2D eigenvalue weighted by molar-refractivity contribution is -0.123. The van der Waals surface area contributed by atoms with Crippen molar-refractivity contribution >= 4 is 36.0 Å². The van der Waals surface area contributed by atoms with Crippen LogP contribution in [0.2, 0.25) is 5.02 Å². The minimum atomic E-state index is -0.579. The fraction of sp³-hybridized carbons (Fsp3) is 0.353. The Balaban J connectivity index is -0.000000266. The van der Waals surface area contributed by atoms with Gasteiger partial charge in [-0.25, -0.2) is 0 Å². The molecule has 142 valence electrons. The Kier molecular flexibility index (Phi) is 26.2. The van der Waals surface area contributed by atoms with Crippen LogP contribution in [0.4, 0.5) is 5.69 Å². The van der Waals surface area contributed by atoms with Crippen LogP contribution < -0.4 is 11.1 Å². The number of benzene rings is 1. The highest BCUT2D eigenvalue weighted by molar-refractivity contribution is 6.30. The zero-order valence-electron chi connectivity index (χ0n) is 14.5. The number of carbonyl (C=O) groups excluding carboxylic acids is 2. The van der Waals surface area contributed by atoms with Crippen molar-refractivity contribution in [2.24, 2.45) is 5.73 Å². The number of aliphatic hydroxyl groups excluding tert-OH is 1. The molecule has 1 aliphatic carbocycles. The molecule has 5 N–H and O–H groups in total. The zero-order valence-corrected chi connectivity index (χ0v) is 15.3. The topological polar surface area (TPSA) is 130 Å². The van der Waals surface area contributed by atoms with E-state index in [1.54, 1.807) is 0 Å². The SMILES string of the molecule is C1=CCCC1.CNc1cccc(Cl)c1.CO.NC(=O)CC=O.O=CO. The highest BCUT2D eigenvalue weighted by Gasteiger charge is 1.87. The Hall–Kier alpha value is -2.38. The number of primary amides is 1. The van der Waals surface area contributed by atoms with E-state index in [0.29, 0.717) is 6.29 Å². The summed E-state index contributed by atoms with van der Waals surface area (Å²) in [6.07, 6.45) is 8.81. The monoisotopic (exact) mass is 374 g/mol. The molecule has 0 bridgehead atoms. The van der Waals surface area contributed by atoms with Crippen molar-refractivity contribution in [3.63, 3.8) is 0 Å². The number of aldehydes is 1. The molecule has 1 aromatic carbocycles. The number of amides is 1. The van der Waals surface area contributed by atoms with E-state index in [1.165, 1.54) is 19.3 Å². The Morgan fingerprint density at radius 3 is 2.00 bits per heavy atom. The minimum absolute atomic E-state index is 0.167. The van der Waals surface area contributed by atoms with E-state index in [9.17, 15) is 9.59 Å². The van der Waals surface area contributed by atoms with Gasteiger partial charge in [0.15, 0.2) is 0 Å². The molecule has 0 atom stereocenters. The van der Waals surface area contributed by atoms with Crippen LogP contribution >= 0.6 is 11.6 Å². The maximum Gasteiger partial charge on any atom is 0.290 e. The van der Waals surface area contributed by atoms with Gasteiger partial charge in [-0.2, -0.15) is 0 Å². The predicted octanol–water partition coefficient (Wildman–Crippen LogP) is 2.48. The van der Waals surface area contributed by atoms with Crippen molar-refractivity contribution in [2.45, 2.75) is 25.7 Å². The first-order valence-corrected chi connectivity index (χ1v) is 7.72. The van der Waals surface area contributed by atoms with E-state index in [1.807, 2.05) is 31.3 Å². The molecular formula is C17H27ClN2O5. The van der Waals surface area contributed by atoms with Gasteiger partial charge in [0.2, 0.25) is 5.91 Å². The standard InChI is InChI=1S/C7H8ClN.C5H8.C3H5NO2.CH2O2.CH4O/c1-9-7-4-2-3-6(8)5-7;1-2-4-5-3-1;4-3(6)1-2-5;2-1-3;1-2/h2-5,9H,1H3;1-2H,3-5H2;2H,1H2,(H2,4,6);1H,(H,2,3);2H,1H3. The second-order valence-corrected chi connectivity index (χ2v) is 4.54. The maximum absolute atomic E-state index is 9.59. The first-order chi connectivity index (χ1) is 12.0. The normalized spacial score (nSPS) is 9.92. The Morgan fingerprint density at radius 2 is 1.80 bits per heavy atom. The minimum Gasteiger partial charge on any atom is -0.483 e. The molecule has 0 spiro atoms. The summed E-state index contributed by atoms with van der Waals surface area (Å²) < 4.78 is 0. The van der Waals surface area contributed by atoms with Crippen molar-refractivity contribution in [1.82, 2.24) is 0 Å². The number of aliphatic hydroxyl groups is 1. The molecule has 1 aliphatic rings. The molecule has 0 heterocycles. The third kappa shape index (κ3) is 26.8. The van der Waals surface area contributed by atoms with E-state index in [-0.39, 0.29) is 12.9 Å². The number of halogens is 1. The first kappa shape index (κ1) is 27.5. The Bertz CT molecular complexity index is 476. The second kappa shape index (κ2) is 23.9.